The standard InChI is InChI=1S/C15H20N2O4/c1-10-5-13(15(18)19)9-16(7-10)8-12-4-3-11(2)14(6-12)17(20)21/h3-4,6,10,13H,5,7-9H2,1-2H3,(H,18,19). The molecule has 0 bridgehead atoms. The van der Waals surface area contributed by atoms with Crippen LogP contribution in [0.5, 0.6) is 0 Å². The molecule has 6 heteroatoms. The first kappa shape index (κ1) is 15.4. The molecule has 0 aromatic heterocycles. The lowest BCUT2D eigenvalue weighted by Gasteiger charge is -2.34. The highest BCUT2D eigenvalue weighted by Crippen LogP contribution is 2.25. The van der Waals surface area contributed by atoms with Crippen LogP contribution in [0.3, 0.4) is 0 Å². The monoisotopic (exact) mass is 292 g/mol. The van der Waals surface area contributed by atoms with Gasteiger partial charge in [0, 0.05) is 31.3 Å². The van der Waals surface area contributed by atoms with Crippen LogP contribution in [0, 0.1) is 28.9 Å². The zero-order valence-electron chi connectivity index (χ0n) is 12.3. The number of nitro groups is 1. The predicted octanol–water partition coefficient (Wildman–Crippen LogP) is 2.45. The molecule has 1 aliphatic rings. The molecule has 0 saturated carbocycles. The van der Waals surface area contributed by atoms with Gasteiger partial charge in [-0.3, -0.25) is 19.8 Å². The second-order valence-corrected chi connectivity index (χ2v) is 5.95. The van der Waals surface area contributed by atoms with Crippen molar-refractivity contribution in [2.24, 2.45) is 11.8 Å². The van der Waals surface area contributed by atoms with Gasteiger partial charge in [0.2, 0.25) is 0 Å². The Balaban J connectivity index is 2.12. The van der Waals surface area contributed by atoms with Gasteiger partial charge in [0.05, 0.1) is 10.8 Å². The average Bonchev–Trinajstić information content (AvgIpc) is 2.40. The Labute approximate surface area is 123 Å². The zero-order valence-corrected chi connectivity index (χ0v) is 12.3. The maximum Gasteiger partial charge on any atom is 0.307 e. The highest BCUT2D eigenvalue weighted by molar-refractivity contribution is 5.70. The third-order valence-electron chi connectivity index (χ3n) is 3.96. The summed E-state index contributed by atoms with van der Waals surface area (Å²) in [4.78, 5) is 23.8. The third-order valence-corrected chi connectivity index (χ3v) is 3.96. The largest absolute Gasteiger partial charge is 0.481 e. The lowest BCUT2D eigenvalue weighted by Crippen LogP contribution is -2.41. The molecule has 1 fully saturated rings. The van der Waals surface area contributed by atoms with Gasteiger partial charge in [-0.2, -0.15) is 0 Å². The van der Waals surface area contributed by atoms with E-state index in [9.17, 15) is 20.0 Å². The fourth-order valence-electron chi connectivity index (χ4n) is 2.98. The molecule has 2 rings (SSSR count). The molecule has 0 radical (unpaired) electrons. The number of aryl methyl sites for hydroxylation is 1. The Bertz CT molecular complexity index is 559. The van der Waals surface area contributed by atoms with Crippen molar-refractivity contribution in [1.82, 2.24) is 4.90 Å². The van der Waals surface area contributed by atoms with Crippen LogP contribution in [0.1, 0.15) is 24.5 Å². The van der Waals surface area contributed by atoms with Crippen LogP contribution >= 0.6 is 0 Å². The summed E-state index contributed by atoms with van der Waals surface area (Å²) in [5, 5.41) is 20.2. The van der Waals surface area contributed by atoms with Gasteiger partial charge in [-0.1, -0.05) is 19.1 Å². The molecule has 0 amide bonds. The summed E-state index contributed by atoms with van der Waals surface area (Å²) in [5.41, 5.74) is 1.61. The second-order valence-electron chi connectivity index (χ2n) is 5.95. The van der Waals surface area contributed by atoms with E-state index in [1.165, 1.54) is 0 Å². The fraction of sp³-hybridized carbons (Fsp3) is 0.533. The van der Waals surface area contributed by atoms with Crippen molar-refractivity contribution in [3.05, 3.63) is 39.4 Å². The van der Waals surface area contributed by atoms with Gasteiger partial charge >= 0.3 is 5.97 Å². The minimum atomic E-state index is -0.763. The molecule has 1 N–H and O–H groups in total. The zero-order chi connectivity index (χ0) is 15.6. The van der Waals surface area contributed by atoms with Crippen molar-refractivity contribution in [3.63, 3.8) is 0 Å². The van der Waals surface area contributed by atoms with E-state index in [4.69, 9.17) is 0 Å². The first-order chi connectivity index (χ1) is 9.86. The number of benzene rings is 1. The van der Waals surface area contributed by atoms with E-state index in [-0.39, 0.29) is 16.5 Å². The highest BCUT2D eigenvalue weighted by Gasteiger charge is 2.29. The molecule has 1 aliphatic heterocycles. The predicted molar refractivity (Wildman–Crippen MR) is 78.0 cm³/mol. The van der Waals surface area contributed by atoms with Crippen LogP contribution < -0.4 is 0 Å². The van der Waals surface area contributed by atoms with Gasteiger partial charge in [-0.15, -0.1) is 0 Å². The number of nitro benzene ring substituents is 1. The SMILES string of the molecule is Cc1ccc(CN2CC(C)CC(C(=O)O)C2)cc1[N+](=O)[O-]. The quantitative estimate of drug-likeness (QED) is 0.680. The van der Waals surface area contributed by atoms with Gasteiger partial charge in [-0.05, 0) is 24.8 Å². The maximum atomic E-state index is 11.2. The van der Waals surface area contributed by atoms with Crippen LogP contribution in [0.4, 0.5) is 5.69 Å². The highest BCUT2D eigenvalue weighted by atomic mass is 16.6. The van der Waals surface area contributed by atoms with Gasteiger partial charge in [0.1, 0.15) is 0 Å². The molecule has 21 heavy (non-hydrogen) atoms. The van der Waals surface area contributed by atoms with Crippen molar-refractivity contribution in [2.45, 2.75) is 26.8 Å². The molecule has 1 heterocycles. The van der Waals surface area contributed by atoms with E-state index >= 15 is 0 Å². The number of carboxylic acids is 1. The molecule has 2 atom stereocenters. The van der Waals surface area contributed by atoms with E-state index in [0.29, 0.717) is 31.0 Å². The van der Waals surface area contributed by atoms with E-state index < -0.39 is 5.97 Å². The number of likely N-dealkylation sites (tertiary alicyclic amines) is 1. The van der Waals surface area contributed by atoms with Gasteiger partial charge in [-0.25, -0.2) is 0 Å². The number of carboxylic acid groups (broad SMARTS) is 1. The van der Waals surface area contributed by atoms with E-state index in [1.54, 1.807) is 19.1 Å². The average molecular weight is 292 g/mol. The number of aliphatic carboxylic acids is 1. The summed E-state index contributed by atoms with van der Waals surface area (Å²) in [7, 11) is 0. The molecule has 6 nitrogen and oxygen atoms in total. The first-order valence-corrected chi connectivity index (χ1v) is 7.06. The van der Waals surface area contributed by atoms with Crippen LogP contribution in [0.25, 0.3) is 0 Å². The molecule has 1 saturated heterocycles. The number of carbonyl (C=O) groups is 1. The van der Waals surface area contributed by atoms with Crippen LogP contribution in [0.15, 0.2) is 18.2 Å². The number of hydrogen-bond donors (Lipinski definition) is 1. The lowest BCUT2D eigenvalue weighted by molar-refractivity contribution is -0.385. The van der Waals surface area contributed by atoms with Gasteiger partial charge in [0.25, 0.3) is 5.69 Å². The van der Waals surface area contributed by atoms with Gasteiger partial charge < -0.3 is 5.11 Å². The topological polar surface area (TPSA) is 83.7 Å². The van der Waals surface area contributed by atoms with Crippen molar-refractivity contribution < 1.29 is 14.8 Å². The smallest absolute Gasteiger partial charge is 0.307 e. The Kier molecular flexibility index (Phi) is 4.57. The molecule has 0 aliphatic carbocycles. The Morgan fingerprint density at radius 1 is 1.48 bits per heavy atom. The van der Waals surface area contributed by atoms with Crippen LogP contribution in [-0.4, -0.2) is 34.0 Å². The first-order valence-electron chi connectivity index (χ1n) is 7.06. The molecular formula is C15H20N2O4. The molecule has 2 unspecified atom stereocenters. The summed E-state index contributed by atoms with van der Waals surface area (Å²) in [5.74, 6) is -0.795. The fourth-order valence-corrected chi connectivity index (χ4v) is 2.98. The van der Waals surface area contributed by atoms with E-state index in [2.05, 4.69) is 4.90 Å². The number of piperidine rings is 1. The van der Waals surface area contributed by atoms with Crippen LogP contribution in [0.2, 0.25) is 0 Å². The number of rotatable bonds is 4. The molecule has 0 spiro atoms. The maximum absolute atomic E-state index is 11.2. The molecule has 1 aromatic rings. The summed E-state index contributed by atoms with van der Waals surface area (Å²) in [6, 6.07) is 5.21. The Hall–Kier alpha value is -1.95. The molecule has 1 aromatic carbocycles. The summed E-state index contributed by atoms with van der Waals surface area (Å²) < 4.78 is 0. The summed E-state index contributed by atoms with van der Waals surface area (Å²) in [6.45, 7) is 5.63. The van der Waals surface area contributed by atoms with Crippen molar-refractivity contribution >= 4 is 11.7 Å². The van der Waals surface area contributed by atoms with Gasteiger partial charge in [0.15, 0.2) is 0 Å². The van der Waals surface area contributed by atoms with Crippen molar-refractivity contribution in [2.75, 3.05) is 13.1 Å². The van der Waals surface area contributed by atoms with Crippen molar-refractivity contribution in [3.8, 4) is 0 Å². The van der Waals surface area contributed by atoms with Crippen molar-refractivity contribution in [1.29, 1.82) is 0 Å². The Morgan fingerprint density at radius 2 is 2.19 bits per heavy atom. The normalized spacial score (nSPS) is 23.0. The van der Waals surface area contributed by atoms with E-state index in [0.717, 1.165) is 12.1 Å². The summed E-state index contributed by atoms with van der Waals surface area (Å²) >= 11 is 0. The Morgan fingerprint density at radius 3 is 2.81 bits per heavy atom. The third kappa shape index (κ3) is 3.78. The minimum Gasteiger partial charge on any atom is -0.481 e. The van der Waals surface area contributed by atoms with Crippen LogP contribution in [-0.2, 0) is 11.3 Å². The minimum absolute atomic E-state index is 0.118. The van der Waals surface area contributed by atoms with E-state index in [1.807, 2.05) is 13.0 Å². The molecule has 114 valence electrons. The summed E-state index contributed by atoms with van der Waals surface area (Å²) in [6.07, 6.45) is 0.694. The molecular weight excluding hydrogens is 272 g/mol. The number of hydrogen-bond acceptors (Lipinski definition) is 4. The lowest BCUT2D eigenvalue weighted by atomic mass is 9.90. The second kappa shape index (κ2) is 6.22. The number of nitrogens with zero attached hydrogens (tertiary/aromatic N) is 2.